The highest BCUT2D eigenvalue weighted by molar-refractivity contribution is 6.34. The van der Waals surface area contributed by atoms with Crippen molar-refractivity contribution in [2.24, 2.45) is 0 Å². The smallest absolute Gasteiger partial charge is 0.410 e. The molecule has 2 heterocycles. The van der Waals surface area contributed by atoms with Crippen LogP contribution in [-0.4, -0.2) is 52.9 Å². The Morgan fingerprint density at radius 1 is 1.26 bits per heavy atom. The first kappa shape index (κ1) is 19.5. The number of benzene rings is 1. The number of fused-ring (bicyclic) bond motifs is 1. The van der Waals surface area contributed by atoms with Gasteiger partial charge in [-0.3, -0.25) is 0 Å². The molecule has 0 aliphatic carbocycles. The summed E-state index contributed by atoms with van der Waals surface area (Å²) in [6, 6.07) is 3.55. The van der Waals surface area contributed by atoms with E-state index in [2.05, 4.69) is 9.97 Å². The monoisotopic (exact) mass is 393 g/mol. The summed E-state index contributed by atoms with van der Waals surface area (Å²) < 4.78 is 17.1. The zero-order valence-electron chi connectivity index (χ0n) is 16.0. The molecule has 27 heavy (non-hydrogen) atoms. The lowest BCUT2D eigenvalue weighted by molar-refractivity contribution is 0.00753. The maximum atomic E-state index is 12.3. The van der Waals surface area contributed by atoms with Crippen molar-refractivity contribution in [1.82, 2.24) is 14.9 Å². The van der Waals surface area contributed by atoms with E-state index in [1.165, 1.54) is 6.33 Å². The standard InChI is InChI=1S/C19H24ClN3O4/c1-19(2,3)27-18(24)23-7-5-6-12(10-23)26-16-8-13-14(9-15(16)25-4)21-11-22-17(13)20/h8-9,11-12H,5-7,10H2,1-4H3/t12-/m0/s1. The molecule has 0 unspecified atom stereocenters. The minimum Gasteiger partial charge on any atom is -0.493 e. The molecule has 0 N–H and O–H groups in total. The Labute approximate surface area is 163 Å². The largest absolute Gasteiger partial charge is 0.493 e. The summed E-state index contributed by atoms with van der Waals surface area (Å²) in [5, 5.41) is 1.04. The number of hydrogen-bond donors (Lipinski definition) is 0. The number of nitrogens with zero attached hydrogens (tertiary/aromatic N) is 3. The second-order valence-electron chi connectivity index (χ2n) is 7.49. The average Bonchev–Trinajstić information content (AvgIpc) is 2.61. The van der Waals surface area contributed by atoms with Crippen LogP contribution in [0.1, 0.15) is 33.6 Å². The van der Waals surface area contributed by atoms with E-state index >= 15 is 0 Å². The number of piperidine rings is 1. The summed E-state index contributed by atoms with van der Waals surface area (Å²) in [5.74, 6) is 1.12. The molecule has 1 aromatic heterocycles. The van der Waals surface area contributed by atoms with Gasteiger partial charge in [0.25, 0.3) is 0 Å². The van der Waals surface area contributed by atoms with E-state index < -0.39 is 5.60 Å². The molecule has 0 saturated carbocycles. The maximum absolute atomic E-state index is 12.3. The van der Waals surface area contributed by atoms with Crippen LogP contribution < -0.4 is 9.47 Å². The Balaban J connectivity index is 1.78. The molecule has 0 bridgehead atoms. The van der Waals surface area contributed by atoms with Gasteiger partial charge in [-0.25, -0.2) is 14.8 Å². The van der Waals surface area contributed by atoms with Gasteiger partial charge in [-0.2, -0.15) is 0 Å². The molecular weight excluding hydrogens is 370 g/mol. The Kier molecular flexibility index (Phi) is 5.60. The summed E-state index contributed by atoms with van der Waals surface area (Å²) in [4.78, 5) is 22.2. The van der Waals surface area contributed by atoms with E-state index in [0.717, 1.165) is 12.8 Å². The van der Waals surface area contributed by atoms with Crippen molar-refractivity contribution in [3.63, 3.8) is 0 Å². The number of methoxy groups -OCH3 is 1. The topological polar surface area (TPSA) is 73.8 Å². The fourth-order valence-electron chi connectivity index (χ4n) is 2.99. The quantitative estimate of drug-likeness (QED) is 0.732. The predicted molar refractivity (Wildman–Crippen MR) is 103 cm³/mol. The number of carbonyl (C=O) groups is 1. The van der Waals surface area contributed by atoms with Crippen molar-refractivity contribution in [3.05, 3.63) is 23.6 Å². The van der Waals surface area contributed by atoms with E-state index in [0.29, 0.717) is 40.6 Å². The molecule has 8 heteroatoms. The number of amides is 1. The molecule has 7 nitrogen and oxygen atoms in total. The van der Waals surface area contributed by atoms with Gasteiger partial charge in [0.15, 0.2) is 11.5 Å². The fraction of sp³-hybridized carbons (Fsp3) is 0.526. The van der Waals surface area contributed by atoms with Crippen LogP contribution in [0.2, 0.25) is 5.15 Å². The van der Waals surface area contributed by atoms with E-state index in [9.17, 15) is 4.79 Å². The highest BCUT2D eigenvalue weighted by Gasteiger charge is 2.29. The SMILES string of the molecule is COc1cc2ncnc(Cl)c2cc1O[C@H]1CCCN(C(=O)OC(C)(C)C)C1. The highest BCUT2D eigenvalue weighted by Crippen LogP contribution is 2.35. The Morgan fingerprint density at radius 2 is 2.04 bits per heavy atom. The number of halogens is 1. The molecular formula is C19H24ClN3O4. The van der Waals surface area contributed by atoms with Gasteiger partial charge in [-0.15, -0.1) is 0 Å². The molecule has 146 valence electrons. The molecule has 1 aliphatic rings. The Bertz CT molecular complexity index is 838. The zero-order chi connectivity index (χ0) is 19.6. The normalized spacial score (nSPS) is 17.7. The van der Waals surface area contributed by atoms with Crippen LogP contribution in [0.4, 0.5) is 4.79 Å². The number of aromatic nitrogens is 2. The van der Waals surface area contributed by atoms with Crippen LogP contribution in [0, 0.1) is 0 Å². The number of rotatable bonds is 3. The first-order valence-electron chi connectivity index (χ1n) is 8.89. The van der Waals surface area contributed by atoms with Crippen LogP contribution in [0.15, 0.2) is 18.5 Å². The number of likely N-dealkylation sites (tertiary alicyclic amines) is 1. The van der Waals surface area contributed by atoms with Crippen LogP contribution in [-0.2, 0) is 4.74 Å². The minimum atomic E-state index is -0.525. The number of ether oxygens (including phenoxy) is 3. The van der Waals surface area contributed by atoms with E-state index in [4.69, 9.17) is 25.8 Å². The van der Waals surface area contributed by atoms with Gasteiger partial charge in [0, 0.05) is 18.0 Å². The number of carbonyl (C=O) groups excluding carboxylic acids is 1. The average molecular weight is 394 g/mol. The van der Waals surface area contributed by atoms with Crippen molar-refractivity contribution < 1.29 is 19.0 Å². The van der Waals surface area contributed by atoms with Gasteiger partial charge in [0.1, 0.15) is 23.2 Å². The van der Waals surface area contributed by atoms with Crippen molar-refractivity contribution in [3.8, 4) is 11.5 Å². The molecule has 1 aliphatic heterocycles. The summed E-state index contributed by atoms with van der Waals surface area (Å²) in [6.45, 7) is 6.68. The molecule has 1 fully saturated rings. The summed E-state index contributed by atoms with van der Waals surface area (Å²) in [6.07, 6.45) is 2.59. The fourth-order valence-corrected chi connectivity index (χ4v) is 3.19. The first-order chi connectivity index (χ1) is 12.8. The summed E-state index contributed by atoms with van der Waals surface area (Å²) in [5.41, 5.74) is 0.154. The third-order valence-electron chi connectivity index (χ3n) is 4.20. The Hall–Kier alpha value is -2.28. The van der Waals surface area contributed by atoms with E-state index in [1.54, 1.807) is 24.1 Å². The van der Waals surface area contributed by atoms with Crippen molar-refractivity contribution >= 4 is 28.6 Å². The van der Waals surface area contributed by atoms with Crippen molar-refractivity contribution in [1.29, 1.82) is 0 Å². The predicted octanol–water partition coefficient (Wildman–Crippen LogP) is 4.07. The summed E-state index contributed by atoms with van der Waals surface area (Å²) >= 11 is 6.18. The summed E-state index contributed by atoms with van der Waals surface area (Å²) in [7, 11) is 1.57. The molecule has 1 saturated heterocycles. The van der Waals surface area contributed by atoms with E-state index in [-0.39, 0.29) is 12.2 Å². The van der Waals surface area contributed by atoms with E-state index in [1.807, 2.05) is 20.8 Å². The van der Waals surface area contributed by atoms with Gasteiger partial charge >= 0.3 is 6.09 Å². The molecule has 2 aromatic rings. The van der Waals surface area contributed by atoms with Crippen LogP contribution >= 0.6 is 11.6 Å². The van der Waals surface area contributed by atoms with Gasteiger partial charge in [0.05, 0.1) is 19.2 Å². The molecule has 1 amide bonds. The van der Waals surface area contributed by atoms with Crippen molar-refractivity contribution in [2.45, 2.75) is 45.3 Å². The van der Waals surface area contributed by atoms with Gasteiger partial charge < -0.3 is 19.1 Å². The molecule has 0 radical (unpaired) electrons. The minimum absolute atomic E-state index is 0.166. The lowest BCUT2D eigenvalue weighted by Crippen LogP contribution is -2.46. The van der Waals surface area contributed by atoms with Gasteiger partial charge in [-0.05, 0) is 39.7 Å². The van der Waals surface area contributed by atoms with Crippen LogP contribution in [0.25, 0.3) is 10.9 Å². The molecule has 1 aromatic carbocycles. The van der Waals surface area contributed by atoms with Gasteiger partial charge in [0.2, 0.25) is 0 Å². The third kappa shape index (κ3) is 4.71. The Morgan fingerprint density at radius 3 is 2.74 bits per heavy atom. The molecule has 3 rings (SSSR count). The first-order valence-corrected chi connectivity index (χ1v) is 9.27. The van der Waals surface area contributed by atoms with Crippen molar-refractivity contribution in [2.75, 3.05) is 20.2 Å². The second-order valence-corrected chi connectivity index (χ2v) is 7.85. The van der Waals surface area contributed by atoms with Gasteiger partial charge in [-0.1, -0.05) is 11.6 Å². The second kappa shape index (κ2) is 7.76. The molecule has 0 spiro atoms. The molecule has 1 atom stereocenters. The van der Waals surface area contributed by atoms with Crippen LogP contribution in [0.3, 0.4) is 0 Å². The lowest BCUT2D eigenvalue weighted by Gasteiger charge is -2.34. The number of hydrogen-bond acceptors (Lipinski definition) is 6. The third-order valence-corrected chi connectivity index (χ3v) is 4.50. The van der Waals surface area contributed by atoms with Crippen LogP contribution in [0.5, 0.6) is 11.5 Å². The highest BCUT2D eigenvalue weighted by atomic mass is 35.5. The maximum Gasteiger partial charge on any atom is 0.410 e. The zero-order valence-corrected chi connectivity index (χ0v) is 16.7. The lowest BCUT2D eigenvalue weighted by atomic mass is 10.1.